The van der Waals surface area contributed by atoms with Gasteiger partial charge in [0.05, 0.1) is 0 Å². The van der Waals surface area contributed by atoms with Crippen LogP contribution in [0.3, 0.4) is 0 Å². The number of aromatic amines is 1. The number of rotatable bonds is 3. The van der Waals surface area contributed by atoms with E-state index in [1.807, 2.05) is 6.92 Å². The lowest BCUT2D eigenvalue weighted by atomic mass is 9.84. The second-order valence-corrected chi connectivity index (χ2v) is 4.41. The van der Waals surface area contributed by atoms with E-state index in [1.165, 1.54) is 5.69 Å². The van der Waals surface area contributed by atoms with E-state index in [9.17, 15) is 0 Å². The lowest BCUT2D eigenvalue weighted by molar-refractivity contribution is 0.345. The Bertz CT molecular complexity index is 286. The number of nitrogen functional groups attached to an aromatic ring is 1. The smallest absolute Gasteiger partial charge is 0.148 e. The minimum Gasteiger partial charge on any atom is -0.382 e. The Kier molecular flexibility index (Phi) is 2.64. The van der Waals surface area contributed by atoms with Crippen molar-refractivity contribution in [1.82, 2.24) is 10.2 Å². The highest BCUT2D eigenvalue weighted by molar-refractivity contribution is 5.40. The van der Waals surface area contributed by atoms with Crippen molar-refractivity contribution in [3.63, 3.8) is 0 Å². The fourth-order valence-electron chi connectivity index (χ4n) is 1.23. The van der Waals surface area contributed by atoms with Gasteiger partial charge in [-0.25, -0.2) is 0 Å². The molecule has 1 heterocycles. The molecule has 13 heavy (non-hydrogen) atoms. The Morgan fingerprint density at radius 1 is 1.46 bits per heavy atom. The molecule has 1 rings (SSSR count). The molecule has 0 atom stereocenters. The summed E-state index contributed by atoms with van der Waals surface area (Å²) in [5, 5.41) is 6.98. The summed E-state index contributed by atoms with van der Waals surface area (Å²) in [4.78, 5) is 0. The molecule has 0 unspecified atom stereocenters. The Labute approximate surface area is 79.7 Å². The van der Waals surface area contributed by atoms with Gasteiger partial charge in [0.15, 0.2) is 0 Å². The van der Waals surface area contributed by atoms with Gasteiger partial charge < -0.3 is 5.73 Å². The van der Waals surface area contributed by atoms with Crippen LogP contribution in [0.15, 0.2) is 0 Å². The minimum atomic E-state index is 0.323. The standard InChI is InChI=1S/C10H19N3/c1-5-10(3,4)6-8-7(2)9(11)13-12-8/h5-6H2,1-4H3,(H3,11,12,13). The van der Waals surface area contributed by atoms with Crippen molar-refractivity contribution in [3.8, 4) is 0 Å². The molecule has 0 radical (unpaired) electrons. The molecule has 1 aromatic heterocycles. The van der Waals surface area contributed by atoms with E-state index in [0.717, 1.165) is 18.4 Å². The Morgan fingerprint density at radius 2 is 2.08 bits per heavy atom. The molecule has 74 valence electrons. The average Bonchev–Trinajstić information content (AvgIpc) is 2.36. The van der Waals surface area contributed by atoms with Gasteiger partial charge in [-0.3, -0.25) is 5.10 Å². The lowest BCUT2D eigenvalue weighted by Gasteiger charge is -2.21. The largest absolute Gasteiger partial charge is 0.382 e. The molecule has 0 saturated carbocycles. The first-order chi connectivity index (χ1) is 5.96. The Hall–Kier alpha value is -0.990. The van der Waals surface area contributed by atoms with Gasteiger partial charge >= 0.3 is 0 Å². The number of hydrogen-bond donors (Lipinski definition) is 2. The zero-order valence-electron chi connectivity index (χ0n) is 8.94. The first-order valence-corrected chi connectivity index (χ1v) is 4.75. The fraction of sp³-hybridized carbons (Fsp3) is 0.700. The molecular formula is C10H19N3. The number of H-pyrrole nitrogens is 1. The summed E-state index contributed by atoms with van der Waals surface area (Å²) in [7, 11) is 0. The van der Waals surface area contributed by atoms with Crippen LogP contribution in [0.2, 0.25) is 0 Å². The molecule has 1 aromatic rings. The van der Waals surface area contributed by atoms with Crippen LogP contribution >= 0.6 is 0 Å². The van der Waals surface area contributed by atoms with Crippen molar-refractivity contribution < 1.29 is 0 Å². The molecule has 0 spiro atoms. The second-order valence-electron chi connectivity index (χ2n) is 4.41. The lowest BCUT2D eigenvalue weighted by Crippen LogP contribution is -2.14. The molecule has 0 saturated heterocycles. The van der Waals surface area contributed by atoms with Crippen LogP contribution in [-0.2, 0) is 6.42 Å². The van der Waals surface area contributed by atoms with Gasteiger partial charge in [-0.15, -0.1) is 0 Å². The zero-order valence-corrected chi connectivity index (χ0v) is 8.94. The molecule has 0 fully saturated rings. The van der Waals surface area contributed by atoms with Crippen molar-refractivity contribution in [2.75, 3.05) is 5.73 Å². The van der Waals surface area contributed by atoms with Crippen LogP contribution in [-0.4, -0.2) is 10.2 Å². The summed E-state index contributed by atoms with van der Waals surface area (Å²) >= 11 is 0. The van der Waals surface area contributed by atoms with Crippen LogP contribution in [0.25, 0.3) is 0 Å². The SMILES string of the molecule is CCC(C)(C)Cc1[nH]nc(N)c1C. The van der Waals surface area contributed by atoms with Gasteiger partial charge in [-0.2, -0.15) is 5.10 Å². The van der Waals surface area contributed by atoms with E-state index in [-0.39, 0.29) is 0 Å². The van der Waals surface area contributed by atoms with E-state index in [2.05, 4.69) is 31.0 Å². The quantitative estimate of drug-likeness (QED) is 0.751. The summed E-state index contributed by atoms with van der Waals surface area (Å²) in [6, 6.07) is 0. The number of anilines is 1. The summed E-state index contributed by atoms with van der Waals surface area (Å²) in [6.45, 7) is 8.72. The second kappa shape index (κ2) is 3.40. The minimum absolute atomic E-state index is 0.323. The summed E-state index contributed by atoms with van der Waals surface area (Å²) in [5.41, 5.74) is 8.25. The van der Waals surface area contributed by atoms with Crippen LogP contribution < -0.4 is 5.73 Å². The number of aromatic nitrogens is 2. The third-order valence-corrected chi connectivity index (χ3v) is 2.76. The normalized spacial score (nSPS) is 12.0. The maximum absolute atomic E-state index is 5.66. The number of nitrogens with zero attached hydrogens (tertiary/aromatic N) is 1. The molecule has 0 aromatic carbocycles. The van der Waals surface area contributed by atoms with Crippen LogP contribution in [0, 0.1) is 12.3 Å². The first kappa shape index (κ1) is 10.1. The Balaban J connectivity index is 2.80. The van der Waals surface area contributed by atoms with Crippen molar-refractivity contribution in [3.05, 3.63) is 11.3 Å². The third kappa shape index (κ3) is 2.23. The molecular weight excluding hydrogens is 162 g/mol. The summed E-state index contributed by atoms with van der Waals surface area (Å²) in [5.74, 6) is 0.627. The van der Waals surface area contributed by atoms with Crippen molar-refractivity contribution in [2.45, 2.75) is 40.5 Å². The molecule has 0 aliphatic heterocycles. The van der Waals surface area contributed by atoms with E-state index >= 15 is 0 Å². The van der Waals surface area contributed by atoms with Gasteiger partial charge in [0.25, 0.3) is 0 Å². The first-order valence-electron chi connectivity index (χ1n) is 4.75. The molecule has 3 nitrogen and oxygen atoms in total. The van der Waals surface area contributed by atoms with Crippen molar-refractivity contribution in [2.24, 2.45) is 5.41 Å². The summed E-state index contributed by atoms with van der Waals surface area (Å²) < 4.78 is 0. The van der Waals surface area contributed by atoms with E-state index in [0.29, 0.717) is 11.2 Å². The predicted octanol–water partition coefficient (Wildman–Crippen LogP) is 2.28. The maximum Gasteiger partial charge on any atom is 0.148 e. The fourth-order valence-corrected chi connectivity index (χ4v) is 1.23. The van der Waals surface area contributed by atoms with E-state index < -0.39 is 0 Å². The molecule has 0 aliphatic carbocycles. The van der Waals surface area contributed by atoms with Crippen LogP contribution in [0.4, 0.5) is 5.82 Å². The molecule has 3 N–H and O–H groups in total. The summed E-state index contributed by atoms with van der Waals surface area (Å²) in [6.07, 6.45) is 2.17. The van der Waals surface area contributed by atoms with Gasteiger partial charge in [0.1, 0.15) is 5.82 Å². The van der Waals surface area contributed by atoms with Crippen LogP contribution in [0.1, 0.15) is 38.4 Å². The van der Waals surface area contributed by atoms with Gasteiger partial charge in [-0.1, -0.05) is 27.2 Å². The van der Waals surface area contributed by atoms with Gasteiger partial charge in [0.2, 0.25) is 0 Å². The van der Waals surface area contributed by atoms with Crippen LogP contribution in [0.5, 0.6) is 0 Å². The highest BCUT2D eigenvalue weighted by Crippen LogP contribution is 2.26. The zero-order chi connectivity index (χ0) is 10.1. The maximum atomic E-state index is 5.66. The number of nitrogens with one attached hydrogen (secondary N) is 1. The van der Waals surface area contributed by atoms with E-state index in [1.54, 1.807) is 0 Å². The van der Waals surface area contributed by atoms with Gasteiger partial charge in [-0.05, 0) is 18.8 Å². The van der Waals surface area contributed by atoms with Gasteiger partial charge in [0, 0.05) is 11.3 Å². The van der Waals surface area contributed by atoms with E-state index in [4.69, 9.17) is 5.73 Å². The van der Waals surface area contributed by atoms with Crippen molar-refractivity contribution >= 4 is 5.82 Å². The molecule has 3 heteroatoms. The number of hydrogen-bond acceptors (Lipinski definition) is 2. The Morgan fingerprint density at radius 3 is 2.46 bits per heavy atom. The highest BCUT2D eigenvalue weighted by atomic mass is 15.2. The number of nitrogens with two attached hydrogens (primary N) is 1. The predicted molar refractivity (Wildman–Crippen MR) is 55.5 cm³/mol. The molecule has 0 bridgehead atoms. The molecule has 0 aliphatic rings. The monoisotopic (exact) mass is 181 g/mol. The molecule has 0 amide bonds. The third-order valence-electron chi connectivity index (χ3n) is 2.76. The topological polar surface area (TPSA) is 54.7 Å². The highest BCUT2D eigenvalue weighted by Gasteiger charge is 2.18. The van der Waals surface area contributed by atoms with Crippen molar-refractivity contribution in [1.29, 1.82) is 0 Å². The average molecular weight is 181 g/mol.